The van der Waals surface area contributed by atoms with Crippen LogP contribution in [0.2, 0.25) is 0 Å². The Bertz CT molecular complexity index is 1040. The number of ether oxygens (including phenoxy) is 2. The third kappa shape index (κ3) is 4.22. The number of aromatic nitrogens is 1. The van der Waals surface area contributed by atoms with Gasteiger partial charge >= 0.3 is 6.18 Å². The molecule has 0 bridgehead atoms. The normalized spacial score (nSPS) is 14.2. The Morgan fingerprint density at radius 3 is 2.40 bits per heavy atom. The first kappa shape index (κ1) is 19.8. The molecule has 8 heteroatoms. The molecule has 5 nitrogen and oxygen atoms in total. The molecule has 0 N–H and O–H groups in total. The number of halogens is 3. The molecule has 1 aromatic heterocycles. The van der Waals surface area contributed by atoms with E-state index in [1.54, 1.807) is 36.4 Å². The van der Waals surface area contributed by atoms with Gasteiger partial charge in [-0.15, -0.1) is 0 Å². The average Bonchev–Trinajstić information content (AvgIpc) is 2.71. The topological polar surface area (TPSA) is 51.7 Å². The van der Waals surface area contributed by atoms with E-state index in [0.29, 0.717) is 17.1 Å². The lowest BCUT2D eigenvalue weighted by molar-refractivity contribution is -0.140. The molecule has 1 aliphatic heterocycles. The fraction of sp³-hybridized carbons (Fsp3) is 0.182. The molecule has 2 heterocycles. The van der Waals surface area contributed by atoms with E-state index in [0.717, 1.165) is 6.07 Å². The van der Waals surface area contributed by atoms with Crippen LogP contribution in [0.25, 0.3) is 0 Å². The molecule has 0 aliphatic carbocycles. The Labute approximate surface area is 170 Å². The highest BCUT2D eigenvalue weighted by molar-refractivity contribution is 5.97. The van der Waals surface area contributed by atoms with Gasteiger partial charge in [0, 0.05) is 6.20 Å². The molecule has 1 amide bonds. The van der Waals surface area contributed by atoms with Crippen molar-refractivity contribution < 1.29 is 27.4 Å². The molecule has 1 fully saturated rings. The highest BCUT2D eigenvalue weighted by atomic mass is 19.4. The van der Waals surface area contributed by atoms with Gasteiger partial charge in [0.25, 0.3) is 5.91 Å². The maximum Gasteiger partial charge on any atom is 0.421 e. The Morgan fingerprint density at radius 1 is 0.967 bits per heavy atom. The summed E-state index contributed by atoms with van der Waals surface area (Å²) in [4.78, 5) is 18.0. The van der Waals surface area contributed by atoms with E-state index >= 15 is 0 Å². The first-order chi connectivity index (χ1) is 14.4. The van der Waals surface area contributed by atoms with Crippen molar-refractivity contribution in [3.63, 3.8) is 0 Å². The van der Waals surface area contributed by atoms with Gasteiger partial charge in [0.1, 0.15) is 23.2 Å². The number of pyridine rings is 1. The first-order valence-corrected chi connectivity index (χ1v) is 9.22. The number of nitrogens with zero attached hydrogens (tertiary/aromatic N) is 2. The van der Waals surface area contributed by atoms with Gasteiger partial charge in [-0.3, -0.25) is 4.79 Å². The largest absolute Gasteiger partial charge is 0.470 e. The molecule has 30 heavy (non-hydrogen) atoms. The van der Waals surface area contributed by atoms with Crippen LogP contribution in [0.15, 0.2) is 72.9 Å². The summed E-state index contributed by atoms with van der Waals surface area (Å²) in [6.45, 7) is 0.318. The molecule has 0 unspecified atom stereocenters. The number of rotatable bonds is 5. The van der Waals surface area contributed by atoms with E-state index in [-0.39, 0.29) is 19.0 Å². The fourth-order valence-corrected chi connectivity index (χ4v) is 3.06. The highest BCUT2D eigenvalue weighted by Gasteiger charge is 2.39. The number of hydrogen-bond acceptors (Lipinski definition) is 4. The van der Waals surface area contributed by atoms with Crippen LogP contribution < -0.4 is 9.47 Å². The minimum absolute atomic E-state index is 0.159. The number of carbonyl (C=O) groups is 1. The lowest BCUT2D eigenvalue weighted by Gasteiger charge is -2.39. The van der Waals surface area contributed by atoms with E-state index in [1.165, 1.54) is 17.2 Å². The number of likely N-dealkylation sites (tertiary alicyclic amines) is 1. The van der Waals surface area contributed by atoms with E-state index < -0.39 is 23.7 Å². The van der Waals surface area contributed by atoms with Gasteiger partial charge in [-0.25, -0.2) is 4.98 Å². The maximum atomic E-state index is 13.1. The van der Waals surface area contributed by atoms with Gasteiger partial charge in [0.2, 0.25) is 5.88 Å². The zero-order valence-corrected chi connectivity index (χ0v) is 15.7. The summed E-state index contributed by atoms with van der Waals surface area (Å²) in [6, 6.07) is 18.0. The van der Waals surface area contributed by atoms with Crippen LogP contribution in [0.5, 0.6) is 17.4 Å². The van der Waals surface area contributed by atoms with Crippen LogP contribution in [-0.2, 0) is 6.18 Å². The summed E-state index contributed by atoms with van der Waals surface area (Å²) in [5.74, 6) is 0.243. The molecule has 2 aromatic carbocycles. The molecule has 0 atom stereocenters. The number of amides is 1. The lowest BCUT2D eigenvalue weighted by atomic mass is 10.1. The van der Waals surface area contributed by atoms with E-state index in [9.17, 15) is 18.0 Å². The highest BCUT2D eigenvalue weighted by Crippen LogP contribution is 2.36. The third-order valence-corrected chi connectivity index (χ3v) is 4.58. The van der Waals surface area contributed by atoms with Crippen LogP contribution in [-0.4, -0.2) is 35.0 Å². The molecule has 0 saturated carbocycles. The van der Waals surface area contributed by atoms with Crippen LogP contribution >= 0.6 is 0 Å². The summed E-state index contributed by atoms with van der Waals surface area (Å²) in [6.07, 6.45) is -3.88. The SMILES string of the molecule is O=C(c1ccccc1Oc1ccccc1)N1CC(Oc2ncccc2C(F)(F)F)C1. The number of benzene rings is 2. The molecule has 0 radical (unpaired) electrons. The van der Waals surface area contributed by atoms with Crippen molar-refractivity contribution in [1.82, 2.24) is 9.88 Å². The van der Waals surface area contributed by atoms with E-state index in [1.807, 2.05) is 18.2 Å². The Morgan fingerprint density at radius 2 is 1.67 bits per heavy atom. The van der Waals surface area contributed by atoms with Crippen LogP contribution in [0.3, 0.4) is 0 Å². The minimum Gasteiger partial charge on any atom is -0.470 e. The van der Waals surface area contributed by atoms with Crippen molar-refractivity contribution in [2.45, 2.75) is 12.3 Å². The van der Waals surface area contributed by atoms with Crippen molar-refractivity contribution in [3.8, 4) is 17.4 Å². The maximum absolute atomic E-state index is 13.1. The van der Waals surface area contributed by atoms with E-state index in [2.05, 4.69) is 4.98 Å². The quantitative estimate of drug-likeness (QED) is 0.602. The third-order valence-electron chi connectivity index (χ3n) is 4.58. The van der Waals surface area contributed by atoms with Crippen molar-refractivity contribution in [3.05, 3.63) is 84.1 Å². The summed E-state index contributed by atoms with van der Waals surface area (Å²) in [5, 5.41) is 0. The smallest absolute Gasteiger partial charge is 0.421 e. The standard InChI is InChI=1S/C22H17F3N2O3/c23-22(24,25)18-10-6-12-26-20(18)30-16-13-27(14-16)21(28)17-9-4-5-11-19(17)29-15-7-2-1-3-8-15/h1-12,16H,13-14H2. The predicted octanol–water partition coefficient (Wildman–Crippen LogP) is 4.80. The van der Waals surface area contributed by atoms with Gasteiger partial charge in [-0.05, 0) is 36.4 Å². The molecular formula is C22H17F3N2O3. The molecule has 3 aromatic rings. The molecule has 0 spiro atoms. The number of carbonyl (C=O) groups excluding carboxylic acids is 1. The zero-order valence-electron chi connectivity index (χ0n) is 15.7. The van der Waals surface area contributed by atoms with Crippen LogP contribution in [0.4, 0.5) is 13.2 Å². The lowest BCUT2D eigenvalue weighted by Crippen LogP contribution is -2.56. The molecule has 1 saturated heterocycles. The number of para-hydroxylation sites is 2. The van der Waals surface area contributed by atoms with Crippen molar-refractivity contribution >= 4 is 5.91 Å². The predicted molar refractivity (Wildman–Crippen MR) is 103 cm³/mol. The van der Waals surface area contributed by atoms with Crippen molar-refractivity contribution in [1.29, 1.82) is 0 Å². The second kappa shape index (κ2) is 8.06. The summed E-state index contributed by atoms with van der Waals surface area (Å²) in [5.41, 5.74) is -0.565. The second-order valence-corrected chi connectivity index (χ2v) is 6.72. The molecular weight excluding hydrogens is 397 g/mol. The molecule has 1 aliphatic rings. The van der Waals surface area contributed by atoms with Crippen LogP contribution in [0, 0.1) is 0 Å². The zero-order chi connectivity index (χ0) is 21.1. The van der Waals surface area contributed by atoms with E-state index in [4.69, 9.17) is 9.47 Å². The number of hydrogen-bond donors (Lipinski definition) is 0. The second-order valence-electron chi connectivity index (χ2n) is 6.72. The summed E-state index contributed by atoms with van der Waals surface area (Å²) in [7, 11) is 0. The summed E-state index contributed by atoms with van der Waals surface area (Å²) < 4.78 is 50.4. The first-order valence-electron chi connectivity index (χ1n) is 9.22. The average molecular weight is 414 g/mol. The van der Waals surface area contributed by atoms with Gasteiger partial charge < -0.3 is 14.4 Å². The Kier molecular flexibility index (Phi) is 5.31. The van der Waals surface area contributed by atoms with Crippen LogP contribution in [0.1, 0.15) is 15.9 Å². The Balaban J connectivity index is 1.42. The van der Waals surface area contributed by atoms with Gasteiger partial charge in [0.05, 0.1) is 18.7 Å². The van der Waals surface area contributed by atoms with Gasteiger partial charge in [-0.1, -0.05) is 30.3 Å². The Hall–Kier alpha value is -3.55. The number of alkyl halides is 3. The monoisotopic (exact) mass is 414 g/mol. The minimum atomic E-state index is -4.56. The summed E-state index contributed by atoms with van der Waals surface area (Å²) >= 11 is 0. The van der Waals surface area contributed by atoms with Crippen molar-refractivity contribution in [2.24, 2.45) is 0 Å². The van der Waals surface area contributed by atoms with Gasteiger partial charge in [-0.2, -0.15) is 13.2 Å². The fourth-order valence-electron chi connectivity index (χ4n) is 3.06. The van der Waals surface area contributed by atoms with Gasteiger partial charge in [0.15, 0.2) is 0 Å². The molecule has 4 rings (SSSR count). The van der Waals surface area contributed by atoms with Crippen molar-refractivity contribution in [2.75, 3.05) is 13.1 Å². The molecule has 154 valence electrons.